The summed E-state index contributed by atoms with van der Waals surface area (Å²) in [4.78, 5) is 11.9. The first kappa shape index (κ1) is 18.7. The minimum atomic E-state index is -4.44. The van der Waals surface area contributed by atoms with E-state index in [1.165, 1.54) is 19.1 Å². The molecule has 0 heterocycles. The van der Waals surface area contributed by atoms with Gasteiger partial charge in [0.2, 0.25) is 5.91 Å². The number of benzene rings is 1. The lowest BCUT2D eigenvalue weighted by Gasteiger charge is -2.23. The Labute approximate surface area is 130 Å². The molecule has 1 amide bonds. The maximum absolute atomic E-state index is 12.6. The Kier molecular flexibility index (Phi) is 5.78. The van der Waals surface area contributed by atoms with Crippen molar-refractivity contribution in [3.63, 3.8) is 0 Å². The van der Waals surface area contributed by atoms with Gasteiger partial charge in [0.05, 0.1) is 5.56 Å². The maximum Gasteiger partial charge on any atom is 0.416 e. The molecule has 0 saturated heterocycles. The summed E-state index contributed by atoms with van der Waals surface area (Å²) < 4.78 is 50.1. The van der Waals surface area contributed by atoms with Crippen molar-refractivity contribution in [2.45, 2.75) is 50.4 Å². The first-order valence-electron chi connectivity index (χ1n) is 6.75. The number of halogens is 3. The van der Waals surface area contributed by atoms with Gasteiger partial charge in [-0.05, 0) is 39.3 Å². The average molecular weight is 335 g/mol. The largest absolute Gasteiger partial charge is 0.416 e. The Morgan fingerprint density at radius 1 is 1.27 bits per heavy atom. The van der Waals surface area contributed by atoms with E-state index >= 15 is 0 Å². The van der Waals surface area contributed by atoms with Crippen LogP contribution in [0.4, 0.5) is 13.2 Å². The van der Waals surface area contributed by atoms with Crippen LogP contribution in [-0.2, 0) is 27.5 Å². The molecule has 0 saturated carbocycles. The van der Waals surface area contributed by atoms with Crippen molar-refractivity contribution in [1.82, 2.24) is 5.32 Å². The van der Waals surface area contributed by atoms with Crippen LogP contribution >= 0.6 is 0 Å². The van der Waals surface area contributed by atoms with Crippen molar-refractivity contribution in [2.75, 3.05) is 0 Å². The summed E-state index contributed by atoms with van der Waals surface area (Å²) in [5, 5.41) is 1.91. The summed E-state index contributed by atoms with van der Waals surface area (Å²) in [6, 6.07) is 4.67. The summed E-state index contributed by atoms with van der Waals surface area (Å²) >= 11 is 0. The van der Waals surface area contributed by atoms with Crippen LogP contribution in [-0.4, -0.2) is 20.9 Å². The normalized spacial score (nSPS) is 15.2. The van der Waals surface area contributed by atoms with E-state index in [0.29, 0.717) is 5.56 Å². The Balaban J connectivity index is 2.79. The number of hydrogen-bond donors (Lipinski definition) is 1. The minimum absolute atomic E-state index is 0.0946. The predicted octanol–water partition coefficient (Wildman–Crippen LogP) is 3.26. The molecule has 0 bridgehead atoms. The van der Waals surface area contributed by atoms with E-state index in [-0.39, 0.29) is 11.7 Å². The van der Waals surface area contributed by atoms with Crippen LogP contribution in [0.2, 0.25) is 0 Å². The van der Waals surface area contributed by atoms with E-state index in [1.54, 1.807) is 20.8 Å². The molecule has 1 aromatic carbocycles. The van der Waals surface area contributed by atoms with E-state index in [0.717, 1.165) is 12.1 Å². The van der Waals surface area contributed by atoms with Gasteiger partial charge in [-0.15, -0.1) is 0 Å². The molecule has 0 aliphatic rings. The quantitative estimate of drug-likeness (QED) is 0.918. The van der Waals surface area contributed by atoms with Crippen molar-refractivity contribution in [3.8, 4) is 0 Å². The second-order valence-corrected chi connectivity index (χ2v) is 7.86. The Morgan fingerprint density at radius 3 is 2.36 bits per heavy atom. The topological polar surface area (TPSA) is 46.2 Å². The molecule has 3 nitrogen and oxygen atoms in total. The highest BCUT2D eigenvalue weighted by molar-refractivity contribution is 7.85. The van der Waals surface area contributed by atoms with Crippen molar-refractivity contribution in [1.29, 1.82) is 0 Å². The van der Waals surface area contributed by atoms with Gasteiger partial charge in [-0.1, -0.05) is 18.2 Å². The Morgan fingerprint density at radius 2 is 1.86 bits per heavy atom. The monoisotopic (exact) mass is 335 g/mol. The van der Waals surface area contributed by atoms with Crippen LogP contribution in [0.5, 0.6) is 0 Å². The number of carbonyl (C=O) groups is 1. The third-order valence-corrected chi connectivity index (χ3v) is 4.45. The van der Waals surface area contributed by atoms with Crippen molar-refractivity contribution < 1.29 is 22.2 Å². The van der Waals surface area contributed by atoms with Crippen LogP contribution in [0.25, 0.3) is 0 Å². The number of amides is 1. The highest BCUT2D eigenvalue weighted by atomic mass is 32.2. The van der Waals surface area contributed by atoms with Crippen LogP contribution in [0.1, 0.15) is 38.8 Å². The third-order valence-electron chi connectivity index (χ3n) is 2.82. The van der Waals surface area contributed by atoms with Gasteiger partial charge in [0.15, 0.2) is 0 Å². The van der Waals surface area contributed by atoms with E-state index in [9.17, 15) is 22.2 Å². The summed E-state index contributed by atoms with van der Waals surface area (Å²) in [6.07, 6.45) is -4.44. The first-order chi connectivity index (χ1) is 9.90. The van der Waals surface area contributed by atoms with Crippen molar-refractivity contribution in [2.24, 2.45) is 0 Å². The van der Waals surface area contributed by atoms with Crippen LogP contribution in [0.3, 0.4) is 0 Å². The van der Waals surface area contributed by atoms with Gasteiger partial charge in [-0.25, -0.2) is 0 Å². The molecule has 0 aliphatic carbocycles. The third kappa shape index (κ3) is 5.79. The molecule has 1 N–H and O–H groups in total. The minimum Gasteiger partial charge on any atom is -0.350 e. The van der Waals surface area contributed by atoms with Gasteiger partial charge in [0.25, 0.3) is 0 Å². The Bertz CT molecular complexity index is 565. The second kappa shape index (κ2) is 6.81. The molecule has 0 radical (unpaired) electrons. The van der Waals surface area contributed by atoms with Gasteiger partial charge < -0.3 is 5.32 Å². The lowest BCUT2D eigenvalue weighted by atomic mass is 10.1. The summed E-state index contributed by atoms with van der Waals surface area (Å²) in [6.45, 7) is 6.90. The number of hydrogen-bond acceptors (Lipinski definition) is 2. The molecule has 0 spiro atoms. The standard InChI is InChI=1S/C15H20F3NO2S/c1-10(13(20)19-14(2,3)4)22(21)9-11-6-5-7-12(8-11)15(16,17)18/h5-8,10H,9H2,1-4H3,(H,19,20). The molecular weight excluding hydrogens is 315 g/mol. The fourth-order valence-corrected chi connectivity index (χ4v) is 2.77. The van der Waals surface area contributed by atoms with E-state index in [1.807, 2.05) is 0 Å². The molecule has 2 unspecified atom stereocenters. The molecule has 1 rings (SSSR count). The molecule has 22 heavy (non-hydrogen) atoms. The van der Waals surface area contributed by atoms with Crippen molar-refractivity contribution >= 4 is 16.7 Å². The molecule has 7 heteroatoms. The van der Waals surface area contributed by atoms with Crippen LogP contribution in [0, 0.1) is 0 Å². The zero-order valence-electron chi connectivity index (χ0n) is 13.0. The fraction of sp³-hybridized carbons (Fsp3) is 0.533. The second-order valence-electron chi connectivity index (χ2n) is 6.10. The number of carbonyl (C=O) groups excluding carboxylic acids is 1. The molecule has 1 aromatic rings. The summed E-state index contributed by atoms with van der Waals surface area (Å²) in [7, 11) is -1.59. The average Bonchev–Trinajstić information content (AvgIpc) is 2.35. The van der Waals surface area contributed by atoms with Crippen molar-refractivity contribution in [3.05, 3.63) is 35.4 Å². The number of nitrogens with one attached hydrogen (secondary N) is 1. The molecular formula is C15H20F3NO2S. The summed E-state index contributed by atoms with van der Waals surface area (Å²) in [5.74, 6) is -0.472. The first-order valence-corrected chi connectivity index (χ1v) is 8.14. The smallest absolute Gasteiger partial charge is 0.350 e. The molecule has 0 aromatic heterocycles. The van der Waals surface area contributed by atoms with Gasteiger partial charge in [0.1, 0.15) is 5.25 Å². The van der Waals surface area contributed by atoms with Gasteiger partial charge in [0, 0.05) is 22.1 Å². The zero-order valence-corrected chi connectivity index (χ0v) is 13.8. The van der Waals surface area contributed by atoms with Gasteiger partial charge >= 0.3 is 6.18 Å². The lowest BCUT2D eigenvalue weighted by molar-refractivity contribution is -0.137. The van der Waals surface area contributed by atoms with E-state index < -0.39 is 33.3 Å². The van der Waals surface area contributed by atoms with Gasteiger partial charge in [-0.3, -0.25) is 9.00 Å². The Hall–Kier alpha value is -1.37. The zero-order chi connectivity index (χ0) is 17.1. The van der Waals surface area contributed by atoms with Crippen LogP contribution in [0.15, 0.2) is 24.3 Å². The molecule has 0 fully saturated rings. The molecule has 0 aliphatic heterocycles. The predicted molar refractivity (Wildman–Crippen MR) is 80.6 cm³/mol. The highest BCUT2D eigenvalue weighted by Crippen LogP contribution is 2.29. The number of alkyl halides is 3. The van der Waals surface area contributed by atoms with E-state index in [4.69, 9.17) is 0 Å². The molecule has 124 valence electrons. The fourth-order valence-electron chi connectivity index (χ4n) is 1.72. The lowest BCUT2D eigenvalue weighted by Crippen LogP contribution is -2.46. The van der Waals surface area contributed by atoms with Gasteiger partial charge in [-0.2, -0.15) is 13.2 Å². The van der Waals surface area contributed by atoms with Crippen LogP contribution < -0.4 is 5.32 Å². The van der Waals surface area contributed by atoms with E-state index in [2.05, 4.69) is 5.32 Å². The summed E-state index contributed by atoms with van der Waals surface area (Å²) in [5.41, 5.74) is -0.941. The number of rotatable bonds is 4. The molecule has 2 atom stereocenters. The maximum atomic E-state index is 12.6. The SMILES string of the molecule is CC(C(=O)NC(C)(C)C)S(=O)Cc1cccc(C(F)(F)F)c1. The highest BCUT2D eigenvalue weighted by Gasteiger charge is 2.31.